The Kier molecular flexibility index (Phi) is 6.52. The van der Waals surface area contributed by atoms with Crippen molar-refractivity contribution >= 4 is 11.7 Å². The number of nitrogen functional groups attached to an aromatic ring is 1. The molecule has 1 aromatic carbocycles. The number of ether oxygens (including phenoxy) is 2. The van der Waals surface area contributed by atoms with Gasteiger partial charge in [0.2, 0.25) is 0 Å². The number of rotatable bonds is 8. The normalized spacial score (nSPS) is 15.0. The molecular weight excluding hydrogens is 280 g/mol. The maximum atomic E-state index is 11.8. The van der Waals surface area contributed by atoms with Gasteiger partial charge < -0.3 is 15.2 Å². The van der Waals surface area contributed by atoms with Crippen molar-refractivity contribution in [3.8, 4) is 5.75 Å². The summed E-state index contributed by atoms with van der Waals surface area (Å²) in [6.07, 6.45) is 4.42. The van der Waals surface area contributed by atoms with Crippen molar-refractivity contribution in [2.45, 2.75) is 32.6 Å². The Balaban J connectivity index is 1.81. The molecule has 2 N–H and O–H groups in total. The fraction of sp³-hybridized carbons (Fsp3) is 0.588. The first-order chi connectivity index (χ1) is 10.7. The van der Waals surface area contributed by atoms with E-state index in [0.29, 0.717) is 30.2 Å². The van der Waals surface area contributed by atoms with Crippen molar-refractivity contribution in [3.05, 3.63) is 23.8 Å². The monoisotopic (exact) mass is 306 g/mol. The summed E-state index contributed by atoms with van der Waals surface area (Å²) < 4.78 is 10.9. The number of carbonyl (C=O) groups excluding carboxylic acids is 1. The topological polar surface area (TPSA) is 64.8 Å². The van der Waals surface area contributed by atoms with E-state index in [1.165, 1.54) is 12.8 Å². The van der Waals surface area contributed by atoms with E-state index >= 15 is 0 Å². The number of unbranched alkanes of at least 4 members (excludes halogenated alkanes) is 1. The lowest BCUT2D eigenvalue weighted by atomic mass is 10.2. The van der Waals surface area contributed by atoms with Crippen LogP contribution in [0.25, 0.3) is 0 Å². The minimum Gasteiger partial charge on any atom is -0.490 e. The molecule has 0 bridgehead atoms. The number of carbonyl (C=O) groups is 1. The van der Waals surface area contributed by atoms with Crippen LogP contribution in [0.15, 0.2) is 18.2 Å². The smallest absolute Gasteiger partial charge is 0.338 e. The van der Waals surface area contributed by atoms with Crippen LogP contribution in [0.4, 0.5) is 5.69 Å². The molecular formula is C17H26N2O3. The van der Waals surface area contributed by atoms with Crippen LogP contribution in [0.3, 0.4) is 0 Å². The van der Waals surface area contributed by atoms with Crippen LogP contribution in [0, 0.1) is 0 Å². The number of hydrogen-bond donors (Lipinski definition) is 1. The number of anilines is 1. The second kappa shape index (κ2) is 8.63. The fourth-order valence-electron chi connectivity index (χ4n) is 2.49. The lowest BCUT2D eigenvalue weighted by Crippen LogP contribution is -2.25. The molecule has 22 heavy (non-hydrogen) atoms. The Bertz CT molecular complexity index is 485. The van der Waals surface area contributed by atoms with Gasteiger partial charge in [0, 0.05) is 6.54 Å². The van der Waals surface area contributed by atoms with Gasteiger partial charge in [-0.25, -0.2) is 4.79 Å². The molecule has 0 spiro atoms. The molecule has 0 amide bonds. The highest BCUT2D eigenvalue weighted by atomic mass is 16.5. The van der Waals surface area contributed by atoms with Crippen LogP contribution in [-0.2, 0) is 4.74 Å². The largest absolute Gasteiger partial charge is 0.490 e. The van der Waals surface area contributed by atoms with Gasteiger partial charge in [-0.1, -0.05) is 13.3 Å². The van der Waals surface area contributed by atoms with Gasteiger partial charge >= 0.3 is 5.97 Å². The molecule has 5 nitrogen and oxygen atoms in total. The second-order valence-corrected chi connectivity index (χ2v) is 5.64. The number of nitrogens with two attached hydrogens (primary N) is 1. The lowest BCUT2D eigenvalue weighted by molar-refractivity contribution is 0.0500. The zero-order valence-electron chi connectivity index (χ0n) is 13.3. The highest BCUT2D eigenvalue weighted by molar-refractivity contribution is 5.91. The Morgan fingerprint density at radius 1 is 1.27 bits per heavy atom. The van der Waals surface area contributed by atoms with Crippen LogP contribution in [0.5, 0.6) is 5.75 Å². The Labute approximate surface area is 132 Å². The number of benzene rings is 1. The minimum atomic E-state index is -0.330. The van der Waals surface area contributed by atoms with Crippen molar-refractivity contribution in [3.63, 3.8) is 0 Å². The maximum absolute atomic E-state index is 11.8. The molecule has 1 aliphatic heterocycles. The molecule has 0 saturated carbocycles. The number of nitrogens with zero attached hydrogens (tertiary/aromatic N) is 1. The molecule has 1 fully saturated rings. The van der Waals surface area contributed by atoms with Crippen LogP contribution in [0.2, 0.25) is 0 Å². The Morgan fingerprint density at radius 2 is 2.05 bits per heavy atom. The van der Waals surface area contributed by atoms with Crippen molar-refractivity contribution in [1.82, 2.24) is 4.90 Å². The summed E-state index contributed by atoms with van der Waals surface area (Å²) in [5, 5.41) is 0. The van der Waals surface area contributed by atoms with E-state index in [2.05, 4.69) is 11.8 Å². The molecule has 0 atom stereocenters. The summed E-state index contributed by atoms with van der Waals surface area (Å²) in [5.74, 6) is 0.299. The van der Waals surface area contributed by atoms with E-state index in [1.807, 2.05) is 0 Å². The summed E-state index contributed by atoms with van der Waals surface area (Å²) in [7, 11) is 0. The average molecular weight is 306 g/mol. The fourth-order valence-corrected chi connectivity index (χ4v) is 2.49. The molecule has 0 radical (unpaired) electrons. The number of likely N-dealkylation sites (tertiary alicyclic amines) is 1. The SMILES string of the molecule is CCCCOC(=O)c1ccc(OCCN2CCCC2)c(N)c1. The van der Waals surface area contributed by atoms with Gasteiger partial charge in [0.25, 0.3) is 0 Å². The van der Waals surface area contributed by atoms with Gasteiger partial charge in [0.05, 0.1) is 17.9 Å². The van der Waals surface area contributed by atoms with Crippen LogP contribution in [0.1, 0.15) is 43.0 Å². The molecule has 122 valence electrons. The Morgan fingerprint density at radius 3 is 2.73 bits per heavy atom. The Hall–Kier alpha value is -1.75. The highest BCUT2D eigenvalue weighted by Gasteiger charge is 2.12. The number of esters is 1. The molecule has 0 aromatic heterocycles. The van der Waals surface area contributed by atoms with Crippen molar-refractivity contribution in [1.29, 1.82) is 0 Å². The first kappa shape index (κ1) is 16.6. The van der Waals surface area contributed by atoms with Gasteiger partial charge in [0.1, 0.15) is 12.4 Å². The molecule has 1 aromatic rings. The van der Waals surface area contributed by atoms with E-state index in [1.54, 1.807) is 18.2 Å². The van der Waals surface area contributed by atoms with Crippen LogP contribution in [-0.4, -0.2) is 43.7 Å². The van der Waals surface area contributed by atoms with Gasteiger partial charge in [-0.05, 0) is 50.6 Å². The molecule has 0 aliphatic carbocycles. The van der Waals surface area contributed by atoms with Gasteiger partial charge in [-0.2, -0.15) is 0 Å². The van der Waals surface area contributed by atoms with E-state index in [0.717, 1.165) is 32.5 Å². The molecule has 1 heterocycles. The van der Waals surface area contributed by atoms with E-state index in [-0.39, 0.29) is 5.97 Å². The predicted octanol–water partition coefficient (Wildman–Crippen LogP) is 2.70. The third kappa shape index (κ3) is 4.91. The van der Waals surface area contributed by atoms with Crippen LogP contribution < -0.4 is 10.5 Å². The first-order valence-electron chi connectivity index (χ1n) is 8.12. The zero-order chi connectivity index (χ0) is 15.8. The van der Waals surface area contributed by atoms with Gasteiger partial charge in [-0.15, -0.1) is 0 Å². The molecule has 2 rings (SSSR count). The van der Waals surface area contributed by atoms with E-state index in [4.69, 9.17) is 15.2 Å². The third-order valence-electron chi connectivity index (χ3n) is 3.84. The van der Waals surface area contributed by atoms with Crippen LogP contribution >= 0.6 is 0 Å². The average Bonchev–Trinajstić information content (AvgIpc) is 3.02. The van der Waals surface area contributed by atoms with Gasteiger partial charge in [0.15, 0.2) is 0 Å². The second-order valence-electron chi connectivity index (χ2n) is 5.64. The summed E-state index contributed by atoms with van der Waals surface area (Å²) in [6.45, 7) is 6.34. The highest BCUT2D eigenvalue weighted by Crippen LogP contribution is 2.23. The minimum absolute atomic E-state index is 0.330. The molecule has 1 aliphatic rings. The quantitative estimate of drug-likeness (QED) is 0.454. The predicted molar refractivity (Wildman–Crippen MR) is 87.2 cm³/mol. The number of hydrogen-bond acceptors (Lipinski definition) is 5. The lowest BCUT2D eigenvalue weighted by Gasteiger charge is -2.16. The van der Waals surface area contributed by atoms with Crippen molar-refractivity contribution in [2.24, 2.45) is 0 Å². The molecule has 1 saturated heterocycles. The molecule has 0 unspecified atom stereocenters. The summed E-state index contributed by atoms with van der Waals surface area (Å²) >= 11 is 0. The van der Waals surface area contributed by atoms with E-state index in [9.17, 15) is 4.79 Å². The maximum Gasteiger partial charge on any atom is 0.338 e. The zero-order valence-corrected chi connectivity index (χ0v) is 13.3. The summed E-state index contributed by atoms with van der Waals surface area (Å²) in [4.78, 5) is 14.2. The van der Waals surface area contributed by atoms with Gasteiger partial charge in [-0.3, -0.25) is 4.90 Å². The van der Waals surface area contributed by atoms with Crippen molar-refractivity contribution < 1.29 is 14.3 Å². The molecule has 5 heteroatoms. The first-order valence-corrected chi connectivity index (χ1v) is 8.12. The summed E-state index contributed by atoms with van der Waals surface area (Å²) in [5.41, 5.74) is 6.91. The summed E-state index contributed by atoms with van der Waals surface area (Å²) in [6, 6.07) is 5.07. The van der Waals surface area contributed by atoms with Crippen molar-refractivity contribution in [2.75, 3.05) is 38.6 Å². The third-order valence-corrected chi connectivity index (χ3v) is 3.84. The van der Waals surface area contributed by atoms with E-state index < -0.39 is 0 Å². The standard InChI is InChI=1S/C17H26N2O3/c1-2-3-11-22-17(20)14-6-7-16(15(18)13-14)21-12-10-19-8-4-5-9-19/h6-7,13H,2-5,8-12,18H2,1H3.